The Morgan fingerprint density at radius 3 is 2.85 bits per heavy atom. The second-order valence-corrected chi connectivity index (χ2v) is 9.14. The molecule has 0 bridgehead atoms. The van der Waals surface area contributed by atoms with Gasteiger partial charge in [-0.05, 0) is 43.5 Å². The Labute approximate surface area is 198 Å². The number of carbonyl (C=O) groups excluding carboxylic acids is 1. The predicted octanol–water partition coefficient (Wildman–Crippen LogP) is 4.88. The van der Waals surface area contributed by atoms with E-state index in [0.29, 0.717) is 31.2 Å². The number of nitriles is 1. The molecule has 4 rings (SSSR count). The smallest absolute Gasteiger partial charge is 0.246 e. The summed E-state index contributed by atoms with van der Waals surface area (Å²) in [7, 11) is 0. The lowest BCUT2D eigenvalue weighted by atomic mass is 9.84. The molecule has 2 aromatic heterocycles. The van der Waals surface area contributed by atoms with E-state index in [1.54, 1.807) is 12.2 Å². The standard InChI is InChI=1S/C26H28N4O2S/c1-4-30-16-23(18(3)28-30)20-9-6-7-10-21(20)24-15-29(26(31)11-8-12-32-5-2)17-25-22(24)13-19(14-27)33-25/h6-11,13,16,24H,4-5,12,15,17H2,1-3H3/b11-8+/t24-/m0/s1. The summed E-state index contributed by atoms with van der Waals surface area (Å²) in [5.41, 5.74) is 5.50. The third-order valence-electron chi connectivity index (χ3n) is 5.95. The highest BCUT2D eigenvalue weighted by molar-refractivity contribution is 7.12. The van der Waals surface area contributed by atoms with Crippen LogP contribution in [0.5, 0.6) is 0 Å². The molecule has 0 unspecified atom stereocenters. The van der Waals surface area contributed by atoms with Gasteiger partial charge < -0.3 is 9.64 Å². The minimum absolute atomic E-state index is 0.0167. The summed E-state index contributed by atoms with van der Waals surface area (Å²) in [5, 5.41) is 14.2. The summed E-state index contributed by atoms with van der Waals surface area (Å²) < 4.78 is 7.27. The van der Waals surface area contributed by atoms with E-state index in [1.807, 2.05) is 41.6 Å². The zero-order chi connectivity index (χ0) is 23.4. The van der Waals surface area contributed by atoms with Crippen LogP contribution >= 0.6 is 11.3 Å². The molecule has 3 aromatic rings. The molecule has 0 saturated heterocycles. The van der Waals surface area contributed by atoms with Crippen LogP contribution in [-0.4, -0.2) is 40.3 Å². The van der Waals surface area contributed by atoms with Crippen molar-refractivity contribution in [2.75, 3.05) is 19.8 Å². The third-order valence-corrected chi connectivity index (χ3v) is 6.99. The number of hydrogen-bond donors (Lipinski definition) is 0. The van der Waals surface area contributed by atoms with Crippen LogP contribution in [0, 0.1) is 18.3 Å². The van der Waals surface area contributed by atoms with Gasteiger partial charge in [-0.3, -0.25) is 9.48 Å². The first-order valence-corrected chi connectivity index (χ1v) is 12.1. The fourth-order valence-corrected chi connectivity index (χ4v) is 5.37. The van der Waals surface area contributed by atoms with Crippen molar-refractivity contribution in [3.05, 3.63) is 75.3 Å². The van der Waals surface area contributed by atoms with Crippen LogP contribution in [0.15, 0.2) is 48.7 Å². The van der Waals surface area contributed by atoms with Gasteiger partial charge in [0.2, 0.25) is 5.91 Å². The number of benzene rings is 1. The van der Waals surface area contributed by atoms with E-state index >= 15 is 0 Å². The normalized spacial score (nSPS) is 15.6. The lowest BCUT2D eigenvalue weighted by Crippen LogP contribution is -2.37. The van der Waals surface area contributed by atoms with E-state index in [4.69, 9.17) is 4.74 Å². The Balaban J connectivity index is 1.74. The van der Waals surface area contributed by atoms with E-state index < -0.39 is 0 Å². The number of fused-ring (bicyclic) bond motifs is 1. The molecule has 1 aliphatic heterocycles. The van der Waals surface area contributed by atoms with Crippen LogP contribution in [-0.2, 0) is 22.6 Å². The lowest BCUT2D eigenvalue weighted by Gasteiger charge is -2.33. The first-order chi connectivity index (χ1) is 16.0. The number of thiophene rings is 1. The molecule has 0 fully saturated rings. The number of amides is 1. The molecule has 0 saturated carbocycles. The van der Waals surface area contributed by atoms with E-state index in [9.17, 15) is 10.1 Å². The largest absolute Gasteiger partial charge is 0.378 e. The molecule has 1 aromatic carbocycles. The number of carbonyl (C=O) groups is 1. The van der Waals surface area contributed by atoms with Gasteiger partial charge in [0, 0.05) is 48.3 Å². The van der Waals surface area contributed by atoms with E-state index in [2.05, 4.69) is 36.4 Å². The first-order valence-electron chi connectivity index (χ1n) is 11.2. The van der Waals surface area contributed by atoms with E-state index in [-0.39, 0.29) is 11.8 Å². The van der Waals surface area contributed by atoms with Crippen molar-refractivity contribution in [1.29, 1.82) is 5.26 Å². The summed E-state index contributed by atoms with van der Waals surface area (Å²) >= 11 is 1.48. The van der Waals surface area contributed by atoms with Gasteiger partial charge in [-0.1, -0.05) is 30.3 Å². The SMILES string of the molecule is CCOC/C=C/C(=O)N1Cc2sc(C#N)cc2[C@H](c2ccccc2-c2cn(CC)nc2C)C1. The molecule has 0 aliphatic carbocycles. The highest BCUT2D eigenvalue weighted by atomic mass is 32.1. The zero-order valence-electron chi connectivity index (χ0n) is 19.2. The Morgan fingerprint density at radius 1 is 1.30 bits per heavy atom. The monoisotopic (exact) mass is 460 g/mol. The number of aryl methyl sites for hydroxylation is 2. The number of nitrogens with zero attached hydrogens (tertiary/aromatic N) is 4. The Bertz CT molecular complexity index is 1220. The minimum Gasteiger partial charge on any atom is -0.378 e. The van der Waals surface area contributed by atoms with E-state index in [1.165, 1.54) is 11.3 Å². The highest BCUT2D eigenvalue weighted by Crippen LogP contribution is 2.42. The fraction of sp³-hybridized carbons (Fsp3) is 0.346. The van der Waals surface area contributed by atoms with Crippen molar-refractivity contribution in [1.82, 2.24) is 14.7 Å². The van der Waals surface area contributed by atoms with Crippen LogP contribution in [0.3, 0.4) is 0 Å². The summed E-state index contributed by atoms with van der Waals surface area (Å²) in [5.74, 6) is -0.0540. The summed E-state index contributed by atoms with van der Waals surface area (Å²) in [6.07, 6.45) is 5.45. The van der Waals surface area contributed by atoms with Crippen molar-refractivity contribution in [2.45, 2.75) is 39.8 Å². The van der Waals surface area contributed by atoms with Gasteiger partial charge in [0.25, 0.3) is 0 Å². The van der Waals surface area contributed by atoms with Crippen molar-refractivity contribution in [3.8, 4) is 17.2 Å². The number of aromatic nitrogens is 2. The van der Waals surface area contributed by atoms with Crippen molar-refractivity contribution in [3.63, 3.8) is 0 Å². The summed E-state index contributed by atoms with van der Waals surface area (Å²) in [6, 6.07) is 12.6. The number of hydrogen-bond acceptors (Lipinski definition) is 5. The number of ether oxygens (including phenoxy) is 1. The minimum atomic E-state index is -0.0373. The van der Waals surface area contributed by atoms with Crippen LogP contribution < -0.4 is 0 Å². The molecule has 1 amide bonds. The van der Waals surface area contributed by atoms with Gasteiger partial charge in [0.05, 0.1) is 18.8 Å². The maximum atomic E-state index is 13.0. The van der Waals surface area contributed by atoms with Gasteiger partial charge in [0.15, 0.2) is 0 Å². The topological polar surface area (TPSA) is 71.2 Å². The summed E-state index contributed by atoms with van der Waals surface area (Å²) in [6.45, 7) is 8.96. The van der Waals surface area contributed by atoms with Crippen molar-refractivity contribution in [2.24, 2.45) is 0 Å². The molecule has 33 heavy (non-hydrogen) atoms. The summed E-state index contributed by atoms with van der Waals surface area (Å²) in [4.78, 5) is 16.6. The van der Waals surface area contributed by atoms with Crippen LogP contribution in [0.1, 0.15) is 46.3 Å². The van der Waals surface area contributed by atoms with Crippen molar-refractivity contribution >= 4 is 17.2 Å². The average molecular weight is 461 g/mol. The van der Waals surface area contributed by atoms with E-state index in [0.717, 1.165) is 39.4 Å². The molecule has 0 radical (unpaired) electrons. The molecule has 3 heterocycles. The Morgan fingerprint density at radius 2 is 2.12 bits per heavy atom. The van der Waals surface area contributed by atoms with Gasteiger partial charge in [-0.25, -0.2) is 0 Å². The van der Waals surface area contributed by atoms with Gasteiger partial charge in [0.1, 0.15) is 10.9 Å². The second-order valence-electron chi connectivity index (χ2n) is 8.01. The molecule has 1 atom stereocenters. The maximum Gasteiger partial charge on any atom is 0.246 e. The number of rotatable bonds is 7. The van der Waals surface area contributed by atoms with Crippen LogP contribution in [0.4, 0.5) is 0 Å². The maximum absolute atomic E-state index is 13.0. The third kappa shape index (κ3) is 4.77. The Kier molecular flexibility index (Phi) is 7.07. The molecule has 0 N–H and O–H groups in total. The highest BCUT2D eigenvalue weighted by Gasteiger charge is 2.32. The molecule has 170 valence electrons. The van der Waals surface area contributed by atoms with Gasteiger partial charge >= 0.3 is 0 Å². The van der Waals surface area contributed by atoms with Crippen LogP contribution in [0.2, 0.25) is 0 Å². The van der Waals surface area contributed by atoms with Crippen LogP contribution in [0.25, 0.3) is 11.1 Å². The lowest BCUT2D eigenvalue weighted by molar-refractivity contribution is -0.127. The first kappa shape index (κ1) is 23.0. The van der Waals surface area contributed by atoms with Gasteiger partial charge in [-0.2, -0.15) is 10.4 Å². The zero-order valence-corrected chi connectivity index (χ0v) is 20.1. The van der Waals surface area contributed by atoms with Gasteiger partial charge in [-0.15, -0.1) is 11.3 Å². The molecule has 1 aliphatic rings. The predicted molar refractivity (Wildman–Crippen MR) is 130 cm³/mol. The van der Waals surface area contributed by atoms with Crippen molar-refractivity contribution < 1.29 is 9.53 Å². The molecule has 7 heteroatoms. The fourth-order valence-electron chi connectivity index (χ4n) is 4.34. The average Bonchev–Trinajstić information content (AvgIpc) is 3.43. The Hall–Kier alpha value is -3.21. The molecular weight excluding hydrogens is 432 g/mol. The second kappa shape index (κ2) is 10.2. The molecular formula is C26H28N4O2S. The molecule has 0 spiro atoms. The quantitative estimate of drug-likeness (QED) is 0.372. The molecule has 6 nitrogen and oxygen atoms in total.